The summed E-state index contributed by atoms with van der Waals surface area (Å²) in [4.78, 5) is 6.74. The van der Waals surface area contributed by atoms with E-state index in [1.807, 2.05) is 11.0 Å². The molecule has 1 aliphatic rings. The van der Waals surface area contributed by atoms with Gasteiger partial charge in [-0.2, -0.15) is 5.10 Å². The fraction of sp³-hybridized carbons (Fsp3) is 0.222. The second-order valence-corrected chi connectivity index (χ2v) is 7.58. The average Bonchev–Trinajstić information content (AvgIpc) is 3.42. The molecule has 1 saturated heterocycles. The van der Waals surface area contributed by atoms with Crippen LogP contribution < -0.4 is 10.6 Å². The van der Waals surface area contributed by atoms with E-state index in [0.29, 0.717) is 33.7 Å². The van der Waals surface area contributed by atoms with E-state index in [4.69, 9.17) is 10.7 Å². The minimum Gasteiger partial charge on any atom is -0.374 e. The van der Waals surface area contributed by atoms with Gasteiger partial charge >= 0.3 is 0 Å². The summed E-state index contributed by atoms with van der Waals surface area (Å²) in [5.74, 6) is -0.176. The molecule has 0 amide bonds. The number of aromatic nitrogens is 5. The predicted molar refractivity (Wildman–Crippen MR) is 102 cm³/mol. The number of benzene rings is 1. The van der Waals surface area contributed by atoms with Crippen molar-refractivity contribution in [3.8, 4) is 10.6 Å². The Morgan fingerprint density at radius 1 is 1.18 bits per heavy atom. The van der Waals surface area contributed by atoms with Crippen LogP contribution in [0.3, 0.4) is 0 Å². The smallest absolute Gasteiger partial charge is 0.203 e. The van der Waals surface area contributed by atoms with E-state index < -0.39 is 11.6 Å². The number of halogens is 2. The summed E-state index contributed by atoms with van der Waals surface area (Å²) in [5.41, 5.74) is 7.38. The number of nitrogens with zero attached hydrogens (tertiary/aromatic N) is 6. The topological polar surface area (TPSA) is 85.2 Å². The maximum Gasteiger partial charge on any atom is 0.203 e. The van der Waals surface area contributed by atoms with Crippen LogP contribution in [0.5, 0.6) is 0 Å². The molecular formula is C18H15F2N7S. The van der Waals surface area contributed by atoms with Gasteiger partial charge in [0.15, 0.2) is 10.7 Å². The standard InChI is InChI=1S/C18H15F2N7S/c19-10-3-4-13(20)11(8-10)14-2-1-6-26(14)15-5-7-27-16(23-15)12(9-22-27)17-24-25-18(21)28-17/h3-5,7-9,14H,1-2,6H2,(H2,21,25). The summed E-state index contributed by atoms with van der Waals surface area (Å²) >= 11 is 1.26. The molecule has 1 unspecified atom stereocenters. The number of hydrogen-bond acceptors (Lipinski definition) is 7. The van der Waals surface area contributed by atoms with E-state index in [1.165, 1.54) is 23.5 Å². The number of nitrogens with two attached hydrogens (primary N) is 1. The highest BCUT2D eigenvalue weighted by Crippen LogP contribution is 2.37. The Morgan fingerprint density at radius 2 is 2.07 bits per heavy atom. The van der Waals surface area contributed by atoms with Gasteiger partial charge in [0, 0.05) is 18.3 Å². The van der Waals surface area contributed by atoms with Crippen molar-refractivity contribution in [3.63, 3.8) is 0 Å². The second-order valence-electron chi connectivity index (χ2n) is 6.57. The van der Waals surface area contributed by atoms with E-state index in [2.05, 4.69) is 15.3 Å². The van der Waals surface area contributed by atoms with Gasteiger partial charge < -0.3 is 10.6 Å². The maximum atomic E-state index is 14.3. The predicted octanol–water partition coefficient (Wildman–Crippen LogP) is 3.45. The minimum atomic E-state index is -0.446. The summed E-state index contributed by atoms with van der Waals surface area (Å²) in [5, 5.41) is 13.2. The summed E-state index contributed by atoms with van der Waals surface area (Å²) in [6.07, 6.45) is 5.06. The molecule has 4 heterocycles. The molecule has 7 nitrogen and oxygen atoms in total. The van der Waals surface area contributed by atoms with Crippen LogP contribution in [0, 0.1) is 11.6 Å². The van der Waals surface area contributed by atoms with Crippen molar-refractivity contribution in [1.82, 2.24) is 24.8 Å². The van der Waals surface area contributed by atoms with Crippen LogP contribution in [0.15, 0.2) is 36.7 Å². The molecule has 1 fully saturated rings. The summed E-state index contributed by atoms with van der Waals surface area (Å²) in [6, 6.07) is 5.13. The third kappa shape index (κ3) is 2.76. The van der Waals surface area contributed by atoms with Gasteiger partial charge in [-0.3, -0.25) is 0 Å². The molecule has 5 rings (SSSR count). The zero-order chi connectivity index (χ0) is 19.3. The van der Waals surface area contributed by atoms with Gasteiger partial charge in [0.25, 0.3) is 0 Å². The van der Waals surface area contributed by atoms with E-state index in [-0.39, 0.29) is 6.04 Å². The minimum absolute atomic E-state index is 0.269. The molecule has 1 aromatic carbocycles. The average molecular weight is 399 g/mol. The van der Waals surface area contributed by atoms with Crippen molar-refractivity contribution in [2.24, 2.45) is 0 Å². The van der Waals surface area contributed by atoms with E-state index >= 15 is 0 Å². The molecule has 2 N–H and O–H groups in total. The zero-order valence-electron chi connectivity index (χ0n) is 14.6. The molecule has 1 atom stereocenters. The zero-order valence-corrected chi connectivity index (χ0v) is 15.4. The van der Waals surface area contributed by atoms with E-state index in [9.17, 15) is 8.78 Å². The fourth-order valence-electron chi connectivity index (χ4n) is 3.65. The monoisotopic (exact) mass is 399 g/mol. The highest BCUT2D eigenvalue weighted by Gasteiger charge is 2.30. The molecule has 0 saturated carbocycles. The lowest BCUT2D eigenvalue weighted by atomic mass is 10.0. The van der Waals surface area contributed by atoms with Gasteiger partial charge in [-0.1, -0.05) is 11.3 Å². The van der Waals surface area contributed by atoms with Crippen molar-refractivity contribution in [1.29, 1.82) is 0 Å². The summed E-state index contributed by atoms with van der Waals surface area (Å²) < 4.78 is 29.7. The molecule has 28 heavy (non-hydrogen) atoms. The van der Waals surface area contributed by atoms with Crippen molar-refractivity contribution in [2.75, 3.05) is 17.2 Å². The van der Waals surface area contributed by atoms with Gasteiger partial charge in [0.2, 0.25) is 5.13 Å². The van der Waals surface area contributed by atoms with Crippen LogP contribution in [0.2, 0.25) is 0 Å². The maximum absolute atomic E-state index is 14.3. The molecular weight excluding hydrogens is 384 g/mol. The molecule has 1 aliphatic heterocycles. The summed E-state index contributed by atoms with van der Waals surface area (Å²) in [7, 11) is 0. The first-order valence-electron chi connectivity index (χ1n) is 8.75. The number of hydrogen-bond donors (Lipinski definition) is 1. The van der Waals surface area contributed by atoms with E-state index in [1.54, 1.807) is 16.9 Å². The van der Waals surface area contributed by atoms with Gasteiger partial charge in [-0.05, 0) is 37.1 Å². The van der Waals surface area contributed by atoms with Crippen LogP contribution in [0.4, 0.5) is 19.7 Å². The fourth-order valence-corrected chi connectivity index (χ4v) is 4.26. The van der Waals surface area contributed by atoms with Crippen molar-refractivity contribution < 1.29 is 8.78 Å². The third-order valence-electron chi connectivity index (χ3n) is 4.89. The Balaban J connectivity index is 1.57. The Morgan fingerprint density at radius 3 is 2.89 bits per heavy atom. The molecule has 142 valence electrons. The van der Waals surface area contributed by atoms with Gasteiger partial charge in [-0.25, -0.2) is 18.3 Å². The van der Waals surface area contributed by atoms with Crippen LogP contribution in [0.25, 0.3) is 16.2 Å². The number of anilines is 2. The first-order valence-corrected chi connectivity index (χ1v) is 9.57. The van der Waals surface area contributed by atoms with Gasteiger partial charge in [-0.15, -0.1) is 10.2 Å². The lowest BCUT2D eigenvalue weighted by Gasteiger charge is -2.26. The molecule has 10 heteroatoms. The first-order chi connectivity index (χ1) is 13.6. The van der Waals surface area contributed by atoms with Crippen molar-refractivity contribution in [2.45, 2.75) is 18.9 Å². The second kappa shape index (κ2) is 6.48. The molecule has 0 bridgehead atoms. The molecule has 0 aliphatic carbocycles. The highest BCUT2D eigenvalue weighted by atomic mass is 32.1. The normalized spacial score (nSPS) is 16.9. The molecule has 3 aromatic heterocycles. The van der Waals surface area contributed by atoms with Crippen LogP contribution in [-0.4, -0.2) is 31.3 Å². The molecule has 0 radical (unpaired) electrons. The number of fused-ring (bicyclic) bond motifs is 1. The lowest BCUT2D eigenvalue weighted by molar-refractivity contribution is 0.560. The molecule has 4 aromatic rings. The lowest BCUT2D eigenvalue weighted by Crippen LogP contribution is -2.24. The number of rotatable bonds is 3. The van der Waals surface area contributed by atoms with Gasteiger partial charge in [0.05, 0.1) is 17.8 Å². The third-order valence-corrected chi connectivity index (χ3v) is 5.68. The Hall–Kier alpha value is -3.14. The molecule has 0 spiro atoms. The Bertz CT molecular complexity index is 1170. The number of nitrogen functional groups attached to an aromatic ring is 1. The SMILES string of the molecule is Nc1nnc(-c2cnn3ccc(N4CCCC4c4cc(F)ccc4F)nc23)s1. The van der Waals surface area contributed by atoms with Crippen molar-refractivity contribution in [3.05, 3.63) is 53.9 Å². The summed E-state index contributed by atoms with van der Waals surface area (Å²) in [6.45, 7) is 0.707. The highest BCUT2D eigenvalue weighted by molar-refractivity contribution is 7.18. The Labute approximate surface area is 162 Å². The largest absolute Gasteiger partial charge is 0.374 e. The van der Waals surface area contributed by atoms with Crippen LogP contribution in [0.1, 0.15) is 24.4 Å². The van der Waals surface area contributed by atoms with E-state index in [0.717, 1.165) is 24.5 Å². The quantitative estimate of drug-likeness (QED) is 0.568. The van der Waals surface area contributed by atoms with Crippen molar-refractivity contribution >= 4 is 27.9 Å². The first kappa shape index (κ1) is 17.0. The Kier molecular flexibility index (Phi) is 3.93. The van der Waals surface area contributed by atoms with Crippen LogP contribution >= 0.6 is 11.3 Å². The van der Waals surface area contributed by atoms with Crippen LogP contribution in [-0.2, 0) is 0 Å². The van der Waals surface area contributed by atoms with Gasteiger partial charge in [0.1, 0.15) is 17.5 Å².